The van der Waals surface area contributed by atoms with Gasteiger partial charge in [-0.15, -0.1) is 16.6 Å². The number of aromatic hydroxyl groups is 1. The predicted molar refractivity (Wildman–Crippen MR) is 266 cm³/mol. The number of aliphatic hydroxyl groups is 1. The summed E-state index contributed by atoms with van der Waals surface area (Å²) in [5, 5.41) is 39.8. The Hall–Kier alpha value is -5.27. The van der Waals surface area contributed by atoms with Gasteiger partial charge in [0.1, 0.15) is 17.8 Å². The van der Waals surface area contributed by atoms with Gasteiger partial charge in [0.25, 0.3) is 0 Å². The van der Waals surface area contributed by atoms with Gasteiger partial charge < -0.3 is 45.8 Å². The molecule has 3 aromatic rings. The summed E-state index contributed by atoms with van der Waals surface area (Å²) < 4.78 is 0. The zero-order valence-electron chi connectivity index (χ0n) is 40.9. The normalized spacial score (nSPS) is 28.8. The van der Waals surface area contributed by atoms with Crippen molar-refractivity contribution >= 4 is 29.2 Å². The lowest BCUT2D eigenvalue weighted by atomic mass is 9.49. The Morgan fingerprint density at radius 3 is 2.14 bits per heavy atom. The second-order valence-electron chi connectivity index (χ2n) is 22.6. The smallest absolute Gasteiger partial charge is 0.246 e. The molecule has 5 atom stereocenters. The maximum atomic E-state index is 14.3. The maximum absolute atomic E-state index is 14.3. The van der Waals surface area contributed by atoms with Gasteiger partial charge >= 0.3 is 0 Å². The highest BCUT2D eigenvalue weighted by molar-refractivity contribution is 5.94. The van der Waals surface area contributed by atoms with Gasteiger partial charge in [0.05, 0.1) is 29.6 Å². The third-order valence-corrected chi connectivity index (χ3v) is 17.1. The number of anilines is 2. The van der Waals surface area contributed by atoms with E-state index < -0.39 is 23.6 Å². The average molecular weight is 941 g/mol. The van der Waals surface area contributed by atoms with Gasteiger partial charge in [-0.1, -0.05) is 51.0 Å². The van der Waals surface area contributed by atoms with E-state index in [1.807, 2.05) is 70.2 Å². The van der Waals surface area contributed by atoms with Crippen LogP contribution in [-0.4, -0.2) is 159 Å². The van der Waals surface area contributed by atoms with Gasteiger partial charge in [-0.2, -0.15) is 0 Å². The SMILES string of the molecule is C#Cc1ccc([C@H](C)NC(=O)[C@@H]2C[C@@H](O)CN2C(=O)[C@@H](NC(=O)C2CC3(C2)CC(N2CCC(N4CCC(N5CCN6c7cc(-c8ccccc8O)nnc7NC[C@H]6C5)CC4)CC2)C3)C(C)(C)C)cc1. The minimum atomic E-state index is -0.837. The molecule has 0 unspecified atom stereocenters. The Bertz CT molecular complexity index is 2410. The molecule has 2 aromatic carbocycles. The number of fused-ring (bicyclic) bond motifs is 3. The van der Waals surface area contributed by atoms with Crippen molar-refractivity contribution in [2.75, 3.05) is 69.1 Å². The first kappa shape index (κ1) is 47.4. The van der Waals surface area contributed by atoms with Gasteiger partial charge in [0, 0.05) is 74.3 Å². The third kappa shape index (κ3) is 9.66. The molecule has 15 nitrogen and oxygen atoms in total. The van der Waals surface area contributed by atoms with Crippen LogP contribution in [-0.2, 0) is 14.4 Å². The highest BCUT2D eigenvalue weighted by Gasteiger charge is 2.57. The number of benzene rings is 2. The van der Waals surface area contributed by atoms with Crippen LogP contribution < -0.4 is 20.9 Å². The lowest BCUT2D eigenvalue weighted by Crippen LogP contribution is -2.63. The number of aliphatic hydroxyl groups excluding tert-OH is 1. The van der Waals surface area contributed by atoms with Crippen molar-refractivity contribution in [3.05, 3.63) is 65.7 Å². The van der Waals surface area contributed by atoms with Crippen molar-refractivity contribution in [3.63, 3.8) is 0 Å². The predicted octanol–water partition coefficient (Wildman–Crippen LogP) is 4.60. The molecule has 1 aromatic heterocycles. The molecular formula is C54H72N10O5. The lowest BCUT2D eigenvalue weighted by Gasteiger charge is -2.60. The maximum Gasteiger partial charge on any atom is 0.246 e. The van der Waals surface area contributed by atoms with Crippen LogP contribution in [0.3, 0.4) is 0 Å². The minimum absolute atomic E-state index is 0.0461. The quantitative estimate of drug-likeness (QED) is 0.180. The molecule has 2 saturated carbocycles. The van der Waals surface area contributed by atoms with Crippen LogP contribution in [0, 0.1) is 29.1 Å². The molecule has 5 N–H and O–H groups in total. The number of nitrogens with zero attached hydrogens (tertiary/aromatic N) is 7. The number of rotatable bonds is 10. The Balaban J connectivity index is 0.649. The van der Waals surface area contributed by atoms with E-state index in [9.17, 15) is 24.6 Å². The zero-order chi connectivity index (χ0) is 48.2. The number of hydrogen-bond acceptors (Lipinski definition) is 12. The van der Waals surface area contributed by atoms with Crippen molar-refractivity contribution in [2.45, 2.75) is 134 Å². The summed E-state index contributed by atoms with van der Waals surface area (Å²) in [6.07, 6.45) is 13.7. The van der Waals surface area contributed by atoms with E-state index in [0.29, 0.717) is 35.4 Å². The monoisotopic (exact) mass is 941 g/mol. The van der Waals surface area contributed by atoms with Crippen molar-refractivity contribution in [3.8, 4) is 29.4 Å². The molecule has 6 fully saturated rings. The molecule has 6 heterocycles. The number of piperazine rings is 1. The molecule has 0 bridgehead atoms. The fraction of sp³-hybridized carbons (Fsp3) is 0.611. The van der Waals surface area contributed by atoms with Crippen molar-refractivity contribution in [2.24, 2.45) is 16.7 Å². The van der Waals surface area contributed by atoms with Crippen LogP contribution in [0.1, 0.15) is 103 Å². The van der Waals surface area contributed by atoms with E-state index in [0.717, 1.165) is 101 Å². The number of β-amino-alcohol motifs (C(OH)–C–C–N with tert-alkyl or cyclic N) is 1. The number of para-hydroxylation sites is 1. The summed E-state index contributed by atoms with van der Waals surface area (Å²) in [7, 11) is 0. The standard InChI is InChI=1S/C54H72N10O5/c1-6-35-11-13-36(14-12-35)34(2)56-51(68)46-25-42(65)33-64(46)52(69)48(53(3,4)5)57-50(67)37-27-54(28-37)29-40(30-54)61-21-15-38(16-22-61)60-19-17-39(18-20-60)62-23-24-63-41(32-62)31-55-49-45(63)26-44(58-59-49)43-9-7-8-10-47(43)66/h1,7-14,26,34,37-42,46,48,65-66H,15-25,27-33H2,2-5H3,(H,55,59)(H,56,68)(H,57,67)/t34-,37?,40?,41-,42+,46-,48+,54?/m0/s1. The van der Waals surface area contributed by atoms with Crippen LogP contribution in [0.25, 0.3) is 11.3 Å². The Kier molecular flexibility index (Phi) is 13.2. The van der Waals surface area contributed by atoms with Gasteiger partial charge in [-0.3, -0.25) is 19.3 Å². The number of nitrogens with one attached hydrogen (secondary N) is 3. The first-order valence-electron chi connectivity index (χ1n) is 25.7. The fourth-order valence-corrected chi connectivity index (χ4v) is 13.0. The Morgan fingerprint density at radius 1 is 0.812 bits per heavy atom. The van der Waals surface area contributed by atoms with Crippen LogP contribution in [0.15, 0.2) is 54.6 Å². The molecule has 7 aliphatic rings. The van der Waals surface area contributed by atoms with E-state index >= 15 is 0 Å². The average Bonchev–Trinajstić information content (AvgIpc) is 3.73. The fourth-order valence-electron chi connectivity index (χ4n) is 13.0. The van der Waals surface area contributed by atoms with Crippen LogP contribution in [0.5, 0.6) is 5.75 Å². The Labute approximate surface area is 407 Å². The van der Waals surface area contributed by atoms with Gasteiger partial charge in [-0.05, 0) is 131 Å². The highest BCUT2D eigenvalue weighted by atomic mass is 16.3. The van der Waals surface area contributed by atoms with Gasteiger partial charge in [-0.25, -0.2) is 0 Å². The van der Waals surface area contributed by atoms with E-state index in [4.69, 9.17) is 6.42 Å². The van der Waals surface area contributed by atoms with E-state index in [-0.39, 0.29) is 53.8 Å². The van der Waals surface area contributed by atoms with Crippen molar-refractivity contribution in [1.82, 2.24) is 40.4 Å². The summed E-state index contributed by atoms with van der Waals surface area (Å²) >= 11 is 0. The second kappa shape index (κ2) is 19.1. The number of hydrogen-bond donors (Lipinski definition) is 5. The molecule has 2 aliphatic carbocycles. The van der Waals surface area contributed by atoms with E-state index in [2.05, 4.69) is 57.7 Å². The molecule has 1 spiro atoms. The summed E-state index contributed by atoms with van der Waals surface area (Å²) in [6.45, 7) is 16.2. The minimum Gasteiger partial charge on any atom is -0.507 e. The number of likely N-dealkylation sites (tertiary alicyclic amines) is 3. The summed E-state index contributed by atoms with van der Waals surface area (Å²) in [6, 6.07) is 17.0. The van der Waals surface area contributed by atoms with Crippen LogP contribution in [0.2, 0.25) is 0 Å². The highest BCUT2D eigenvalue weighted by Crippen LogP contribution is 2.60. The van der Waals surface area contributed by atoms with Crippen LogP contribution in [0.4, 0.5) is 11.5 Å². The van der Waals surface area contributed by atoms with E-state index in [1.165, 1.54) is 30.6 Å². The van der Waals surface area contributed by atoms with Crippen LogP contribution >= 0.6 is 0 Å². The van der Waals surface area contributed by atoms with Crippen molar-refractivity contribution < 1.29 is 24.6 Å². The number of aromatic nitrogens is 2. The molecule has 15 heteroatoms. The number of amides is 3. The summed E-state index contributed by atoms with van der Waals surface area (Å²) in [5.41, 5.74) is 3.73. The first-order chi connectivity index (χ1) is 33.1. The molecule has 0 radical (unpaired) electrons. The molecule has 4 saturated heterocycles. The largest absolute Gasteiger partial charge is 0.507 e. The molecule has 368 valence electrons. The summed E-state index contributed by atoms with van der Waals surface area (Å²) in [4.78, 5) is 53.9. The Morgan fingerprint density at radius 2 is 1.48 bits per heavy atom. The number of carbonyl (C=O) groups is 3. The molecular weight excluding hydrogens is 869 g/mol. The number of piperidine rings is 2. The number of carbonyl (C=O) groups excluding carboxylic acids is 3. The van der Waals surface area contributed by atoms with Gasteiger partial charge in [0.15, 0.2) is 5.82 Å². The number of phenolic OH excluding ortho intramolecular Hbond substituents is 1. The van der Waals surface area contributed by atoms with Crippen molar-refractivity contribution in [1.29, 1.82) is 0 Å². The summed E-state index contributed by atoms with van der Waals surface area (Å²) in [5.74, 6) is 2.78. The molecule has 10 rings (SSSR count). The van der Waals surface area contributed by atoms with Gasteiger partial charge in [0.2, 0.25) is 17.7 Å². The second-order valence-corrected chi connectivity index (χ2v) is 22.6. The molecule has 69 heavy (non-hydrogen) atoms. The van der Waals surface area contributed by atoms with E-state index in [1.54, 1.807) is 6.07 Å². The first-order valence-corrected chi connectivity index (χ1v) is 25.7. The number of phenols is 1. The molecule has 5 aliphatic heterocycles. The zero-order valence-corrected chi connectivity index (χ0v) is 40.9. The third-order valence-electron chi connectivity index (χ3n) is 17.1. The topological polar surface area (TPSA) is 170 Å². The molecule has 3 amide bonds. The number of terminal acetylenes is 1. The lowest BCUT2D eigenvalue weighted by molar-refractivity contribution is -0.150.